The van der Waals surface area contributed by atoms with Crippen LogP contribution in [-0.2, 0) is 33.2 Å². The van der Waals surface area contributed by atoms with Gasteiger partial charge in [0.25, 0.3) is 0 Å². The van der Waals surface area contributed by atoms with Gasteiger partial charge in [0.05, 0.1) is 111 Å². The van der Waals surface area contributed by atoms with Gasteiger partial charge in [0, 0.05) is 5.56 Å². The minimum absolute atomic E-state index is 0.00214. The Morgan fingerprint density at radius 3 is 1.48 bits per heavy atom. The minimum atomic E-state index is -1.14. The molecule has 2 rings (SSSR count). The van der Waals surface area contributed by atoms with Crippen molar-refractivity contribution in [1.82, 2.24) is 15.0 Å². The van der Waals surface area contributed by atoms with Gasteiger partial charge in [-0.2, -0.15) is 0 Å². The van der Waals surface area contributed by atoms with Crippen LogP contribution in [0.25, 0.3) is 11.3 Å². The van der Waals surface area contributed by atoms with Crippen LogP contribution in [0.5, 0.6) is 0 Å². The molecule has 1 aromatic heterocycles. The van der Waals surface area contributed by atoms with Crippen molar-refractivity contribution in [3.05, 3.63) is 36.0 Å². The first-order valence-corrected chi connectivity index (χ1v) is 21.0. The van der Waals surface area contributed by atoms with E-state index in [9.17, 15) is 35.4 Å². The van der Waals surface area contributed by atoms with Gasteiger partial charge in [-0.15, -0.1) is 5.10 Å². The molecule has 0 aliphatic heterocycles. The minimum Gasteiger partial charge on any atom is -0.462 e. The van der Waals surface area contributed by atoms with Crippen LogP contribution < -0.4 is 0 Å². The van der Waals surface area contributed by atoms with Crippen LogP contribution >= 0.6 is 0 Å². The van der Waals surface area contributed by atoms with Gasteiger partial charge < -0.3 is 74.0 Å². The topological polar surface area (TPSA) is 274 Å². The smallest absolute Gasteiger partial charge is 0.338 e. The Morgan fingerprint density at radius 1 is 0.583 bits per heavy atom. The number of rotatable bonds is 39. The van der Waals surface area contributed by atoms with E-state index in [1.165, 1.54) is 38.5 Å². The van der Waals surface area contributed by atoms with Crippen molar-refractivity contribution < 1.29 is 78.8 Å². The highest BCUT2D eigenvalue weighted by molar-refractivity contribution is 5.90. The van der Waals surface area contributed by atoms with Crippen molar-refractivity contribution in [2.45, 2.75) is 107 Å². The number of benzene rings is 1. The van der Waals surface area contributed by atoms with Gasteiger partial charge in [0.2, 0.25) is 0 Å². The Morgan fingerprint density at radius 2 is 1.02 bits per heavy atom. The van der Waals surface area contributed by atoms with E-state index < -0.39 is 75.1 Å². The highest BCUT2D eigenvalue weighted by atomic mass is 16.6. The molecule has 0 aliphatic carbocycles. The lowest BCUT2D eigenvalue weighted by molar-refractivity contribution is -0.109. The van der Waals surface area contributed by atoms with Crippen LogP contribution in [-0.4, -0.2) is 198 Å². The second-order valence-electron chi connectivity index (χ2n) is 14.7. The summed E-state index contributed by atoms with van der Waals surface area (Å²) in [5, 5.41) is 84.2. The Kier molecular flexibility index (Phi) is 30.1. The van der Waals surface area contributed by atoms with Crippen LogP contribution in [0, 0.1) is 0 Å². The normalized spacial score (nSPS) is 15.3. The van der Waals surface area contributed by atoms with Gasteiger partial charge in [0.1, 0.15) is 48.4 Å². The van der Waals surface area contributed by atoms with E-state index in [1.807, 2.05) is 0 Å². The van der Waals surface area contributed by atoms with E-state index in [0.717, 1.165) is 19.3 Å². The summed E-state index contributed by atoms with van der Waals surface area (Å²) in [5.74, 6) is -0.398. The van der Waals surface area contributed by atoms with Crippen molar-refractivity contribution in [2.24, 2.45) is 0 Å². The zero-order valence-corrected chi connectivity index (χ0v) is 35.1. The third-order valence-corrected chi connectivity index (χ3v) is 9.13. The van der Waals surface area contributed by atoms with Crippen molar-refractivity contribution >= 4 is 5.97 Å². The lowest BCUT2D eigenvalue weighted by Crippen LogP contribution is -2.34. The number of ether oxygens (including phenoxy) is 7. The number of hydrogen-bond acceptors (Lipinski definition) is 18. The van der Waals surface area contributed by atoms with Gasteiger partial charge in [-0.1, -0.05) is 75.6 Å². The van der Waals surface area contributed by atoms with Crippen molar-refractivity contribution in [3.8, 4) is 11.3 Å². The number of aliphatic hydroxyl groups excluding tert-OH is 8. The molecule has 0 amide bonds. The maximum absolute atomic E-state index is 12.7. The first-order chi connectivity index (χ1) is 29.1. The molecule has 0 saturated carbocycles. The molecule has 6 atom stereocenters. The second-order valence-corrected chi connectivity index (χ2v) is 14.7. The molecular weight excluding hydrogens is 790 g/mol. The summed E-state index contributed by atoms with van der Waals surface area (Å²) in [4.78, 5) is 12.7. The zero-order chi connectivity index (χ0) is 43.8. The molecule has 19 heteroatoms. The maximum Gasteiger partial charge on any atom is 0.338 e. The SMILES string of the molecule is CCCCCCCCCCCOC(=O)c1ccc(-c2cn(C(COCC(COCC(O)CO)OCC(O)CO)COCC(COCC(O)CO)OCC(O)CO)nn2)cc1. The van der Waals surface area contributed by atoms with E-state index in [0.29, 0.717) is 23.4 Å². The van der Waals surface area contributed by atoms with Crippen molar-refractivity contribution in [2.75, 3.05) is 99.1 Å². The van der Waals surface area contributed by atoms with Gasteiger partial charge in [-0.05, 0) is 18.6 Å². The summed E-state index contributed by atoms with van der Waals surface area (Å²) in [7, 11) is 0. The Balaban J connectivity index is 2.09. The van der Waals surface area contributed by atoms with Crippen LogP contribution in [0.4, 0.5) is 0 Å². The molecule has 6 unspecified atom stereocenters. The molecule has 0 spiro atoms. The summed E-state index contributed by atoms with van der Waals surface area (Å²) in [5.41, 5.74) is 1.60. The summed E-state index contributed by atoms with van der Waals surface area (Å²) in [6.45, 7) is -0.416. The van der Waals surface area contributed by atoms with E-state index >= 15 is 0 Å². The molecule has 19 nitrogen and oxygen atoms in total. The van der Waals surface area contributed by atoms with Gasteiger partial charge in [-0.3, -0.25) is 0 Å². The fraction of sp³-hybridized carbons (Fsp3) is 0.780. The van der Waals surface area contributed by atoms with Gasteiger partial charge in [-0.25, -0.2) is 9.48 Å². The number of nitrogens with zero attached hydrogens (tertiary/aromatic N) is 3. The first-order valence-electron chi connectivity index (χ1n) is 21.0. The summed E-state index contributed by atoms with van der Waals surface area (Å²) >= 11 is 0. The standard InChI is InChI=1S/C41H71N3O16/c1-2-3-4-5-6-7-8-9-10-15-58-41(53)32-13-11-31(12-14-32)40-16-44(43-42-40)33(21-54-27-38(59-25-36(51)19-47)29-56-23-34(49)17-45)22-55-28-39(60-26-37(52)20-48)30-57-24-35(50)18-46/h11-14,16,33-39,45-52H,2-10,15,17-30H2,1H3. The lowest BCUT2D eigenvalue weighted by atomic mass is 10.1. The Bertz CT molecular complexity index is 1290. The fourth-order valence-electron chi connectivity index (χ4n) is 5.56. The predicted octanol–water partition coefficient (Wildman–Crippen LogP) is 0.423. The number of hydrogen-bond donors (Lipinski definition) is 8. The van der Waals surface area contributed by atoms with Crippen molar-refractivity contribution in [1.29, 1.82) is 0 Å². The molecular formula is C41H71N3O16. The number of aliphatic hydroxyl groups is 8. The van der Waals surface area contributed by atoms with Gasteiger partial charge >= 0.3 is 5.97 Å². The van der Waals surface area contributed by atoms with E-state index in [-0.39, 0.29) is 66.1 Å². The summed E-state index contributed by atoms with van der Waals surface area (Å²) < 4.78 is 41.3. The third kappa shape index (κ3) is 24.1. The summed E-state index contributed by atoms with van der Waals surface area (Å²) in [6, 6.07) is 6.24. The lowest BCUT2D eigenvalue weighted by Gasteiger charge is -2.24. The van der Waals surface area contributed by atoms with E-state index in [2.05, 4.69) is 17.2 Å². The predicted molar refractivity (Wildman–Crippen MR) is 217 cm³/mol. The summed E-state index contributed by atoms with van der Waals surface area (Å²) in [6.07, 6.45) is 6.28. The number of carbonyl (C=O) groups is 1. The fourth-order valence-corrected chi connectivity index (χ4v) is 5.56. The average Bonchev–Trinajstić information content (AvgIpc) is 3.76. The Hall–Kier alpha value is -2.73. The number of esters is 1. The van der Waals surface area contributed by atoms with E-state index in [1.54, 1.807) is 35.1 Å². The maximum atomic E-state index is 12.7. The number of carbonyl (C=O) groups excluding carboxylic acids is 1. The second kappa shape index (κ2) is 33.8. The highest BCUT2D eigenvalue weighted by Crippen LogP contribution is 2.20. The molecule has 346 valence electrons. The molecule has 0 saturated heterocycles. The zero-order valence-electron chi connectivity index (χ0n) is 35.1. The molecule has 2 aromatic rings. The molecule has 1 heterocycles. The van der Waals surface area contributed by atoms with E-state index in [4.69, 9.17) is 43.4 Å². The largest absolute Gasteiger partial charge is 0.462 e. The third-order valence-electron chi connectivity index (χ3n) is 9.13. The molecule has 0 fully saturated rings. The quantitative estimate of drug-likeness (QED) is 0.0334. The molecule has 1 aromatic carbocycles. The molecule has 0 aliphatic rings. The van der Waals surface area contributed by atoms with Crippen LogP contribution in [0.1, 0.15) is 81.1 Å². The monoisotopic (exact) mass is 861 g/mol. The Labute approximate surface area is 353 Å². The average molecular weight is 862 g/mol. The van der Waals surface area contributed by atoms with Crippen LogP contribution in [0.3, 0.4) is 0 Å². The van der Waals surface area contributed by atoms with Crippen molar-refractivity contribution in [3.63, 3.8) is 0 Å². The van der Waals surface area contributed by atoms with Crippen LogP contribution in [0.15, 0.2) is 30.5 Å². The molecule has 8 N–H and O–H groups in total. The highest BCUT2D eigenvalue weighted by Gasteiger charge is 2.21. The molecule has 60 heavy (non-hydrogen) atoms. The number of aromatic nitrogens is 3. The number of unbranched alkanes of at least 4 members (excludes halogenated alkanes) is 8. The molecule has 0 radical (unpaired) electrons. The van der Waals surface area contributed by atoms with Gasteiger partial charge in [0.15, 0.2) is 0 Å². The van der Waals surface area contributed by atoms with Crippen LogP contribution in [0.2, 0.25) is 0 Å². The first kappa shape index (κ1) is 53.4. The molecule has 0 bridgehead atoms.